The molecule has 1 rings (SSSR count). The highest BCUT2D eigenvalue weighted by atomic mass is 16.5. The van der Waals surface area contributed by atoms with E-state index < -0.39 is 0 Å². The SMILES string of the molecule is CCCC(O)CC[C@H](CC)OC(=O)c1[c]cccc1. The lowest BCUT2D eigenvalue weighted by Crippen LogP contribution is -2.20. The van der Waals surface area contributed by atoms with Crippen LogP contribution in [-0.2, 0) is 4.74 Å². The van der Waals surface area contributed by atoms with E-state index in [1.54, 1.807) is 18.2 Å². The van der Waals surface area contributed by atoms with Crippen molar-refractivity contribution in [3.63, 3.8) is 0 Å². The Hall–Kier alpha value is -1.35. The zero-order chi connectivity index (χ0) is 14.1. The summed E-state index contributed by atoms with van der Waals surface area (Å²) in [6.07, 6.45) is 3.49. The molecule has 1 aromatic rings. The molecule has 19 heavy (non-hydrogen) atoms. The number of ether oxygens (including phenoxy) is 1. The molecule has 0 fully saturated rings. The standard InChI is InChI=1S/C16H23O3/c1-3-8-14(17)11-12-15(4-2)19-16(18)13-9-6-5-7-10-13/h5-7,9,14-15,17H,3-4,8,11-12H2,1-2H3/t14?,15-/m0/s1. The van der Waals surface area contributed by atoms with E-state index >= 15 is 0 Å². The van der Waals surface area contributed by atoms with Gasteiger partial charge in [-0.05, 0) is 37.8 Å². The number of esters is 1. The van der Waals surface area contributed by atoms with Gasteiger partial charge in [0.1, 0.15) is 6.10 Å². The molecule has 3 heteroatoms. The summed E-state index contributed by atoms with van der Waals surface area (Å²) in [6.45, 7) is 4.03. The second-order valence-electron chi connectivity index (χ2n) is 4.73. The van der Waals surface area contributed by atoms with Crippen molar-refractivity contribution < 1.29 is 14.6 Å². The molecule has 0 saturated carbocycles. The topological polar surface area (TPSA) is 46.5 Å². The molecular formula is C16H23O3. The Morgan fingerprint density at radius 2 is 2.11 bits per heavy atom. The summed E-state index contributed by atoms with van der Waals surface area (Å²) in [5, 5.41) is 9.70. The molecule has 3 nitrogen and oxygen atoms in total. The average molecular weight is 263 g/mol. The zero-order valence-corrected chi connectivity index (χ0v) is 11.8. The minimum absolute atomic E-state index is 0.132. The maximum absolute atomic E-state index is 11.9. The van der Waals surface area contributed by atoms with E-state index in [0.29, 0.717) is 18.4 Å². The first-order chi connectivity index (χ1) is 9.17. The minimum atomic E-state index is -0.336. The van der Waals surface area contributed by atoms with Crippen LogP contribution in [0.15, 0.2) is 24.3 Å². The first kappa shape index (κ1) is 15.7. The van der Waals surface area contributed by atoms with Crippen molar-refractivity contribution in [2.45, 2.75) is 58.2 Å². The summed E-state index contributed by atoms with van der Waals surface area (Å²) in [7, 11) is 0. The quantitative estimate of drug-likeness (QED) is 0.731. The summed E-state index contributed by atoms with van der Waals surface area (Å²) in [5.74, 6) is -0.336. The number of aliphatic hydroxyl groups excluding tert-OH is 1. The van der Waals surface area contributed by atoms with Crippen LogP contribution < -0.4 is 0 Å². The molecule has 0 aliphatic rings. The molecule has 105 valence electrons. The van der Waals surface area contributed by atoms with Crippen LogP contribution in [0.3, 0.4) is 0 Å². The molecule has 0 bridgehead atoms. The fraction of sp³-hybridized carbons (Fsp3) is 0.562. The average Bonchev–Trinajstić information content (AvgIpc) is 2.44. The van der Waals surface area contributed by atoms with Crippen molar-refractivity contribution in [2.24, 2.45) is 0 Å². The Bertz CT molecular complexity index is 362. The number of benzene rings is 1. The maximum atomic E-state index is 11.9. The van der Waals surface area contributed by atoms with Gasteiger partial charge in [-0.15, -0.1) is 0 Å². The van der Waals surface area contributed by atoms with E-state index in [2.05, 4.69) is 6.07 Å². The van der Waals surface area contributed by atoms with Crippen molar-refractivity contribution in [1.82, 2.24) is 0 Å². The van der Waals surface area contributed by atoms with Crippen molar-refractivity contribution in [1.29, 1.82) is 0 Å². The smallest absolute Gasteiger partial charge is 0.339 e. The van der Waals surface area contributed by atoms with E-state index in [1.165, 1.54) is 0 Å². The van der Waals surface area contributed by atoms with Gasteiger partial charge in [-0.2, -0.15) is 0 Å². The third kappa shape index (κ3) is 5.88. The van der Waals surface area contributed by atoms with Gasteiger partial charge in [-0.25, -0.2) is 4.79 Å². The molecule has 0 aliphatic carbocycles. The Labute approximate surface area is 115 Å². The summed E-state index contributed by atoms with van der Waals surface area (Å²) in [4.78, 5) is 11.9. The fourth-order valence-corrected chi connectivity index (χ4v) is 1.94. The molecule has 0 amide bonds. The number of hydrogen-bond donors (Lipinski definition) is 1. The van der Waals surface area contributed by atoms with Gasteiger partial charge < -0.3 is 9.84 Å². The van der Waals surface area contributed by atoms with Crippen LogP contribution in [0.5, 0.6) is 0 Å². The van der Waals surface area contributed by atoms with Crippen LogP contribution in [0.25, 0.3) is 0 Å². The molecule has 0 spiro atoms. The highest BCUT2D eigenvalue weighted by Gasteiger charge is 2.15. The summed E-state index contributed by atoms with van der Waals surface area (Å²) in [5.41, 5.74) is 0.454. The lowest BCUT2D eigenvalue weighted by Gasteiger charge is -2.18. The molecule has 0 aliphatic heterocycles. The Morgan fingerprint density at radius 3 is 2.68 bits per heavy atom. The highest BCUT2D eigenvalue weighted by Crippen LogP contribution is 2.14. The normalized spacial score (nSPS) is 13.8. The predicted molar refractivity (Wildman–Crippen MR) is 74.9 cm³/mol. The van der Waals surface area contributed by atoms with Crippen molar-refractivity contribution in [3.05, 3.63) is 35.9 Å². The van der Waals surface area contributed by atoms with Crippen LogP contribution in [0, 0.1) is 6.07 Å². The van der Waals surface area contributed by atoms with Crippen molar-refractivity contribution in [2.75, 3.05) is 0 Å². The van der Waals surface area contributed by atoms with Gasteiger partial charge in [0, 0.05) is 0 Å². The number of hydrogen-bond acceptors (Lipinski definition) is 3. The van der Waals surface area contributed by atoms with Crippen molar-refractivity contribution in [3.8, 4) is 0 Å². The van der Waals surface area contributed by atoms with Crippen LogP contribution >= 0.6 is 0 Å². The predicted octanol–water partition coefficient (Wildman–Crippen LogP) is 3.36. The third-order valence-electron chi connectivity index (χ3n) is 3.10. The van der Waals surface area contributed by atoms with Gasteiger partial charge >= 0.3 is 5.97 Å². The van der Waals surface area contributed by atoms with Crippen LogP contribution in [-0.4, -0.2) is 23.3 Å². The maximum Gasteiger partial charge on any atom is 0.339 e. The zero-order valence-electron chi connectivity index (χ0n) is 11.8. The second-order valence-corrected chi connectivity index (χ2v) is 4.73. The Kier molecular flexibility index (Phi) is 7.19. The van der Waals surface area contributed by atoms with Crippen LogP contribution in [0.2, 0.25) is 0 Å². The molecule has 1 radical (unpaired) electrons. The second kappa shape index (κ2) is 8.70. The van der Waals surface area contributed by atoms with Gasteiger partial charge in [0.05, 0.1) is 11.7 Å². The summed E-state index contributed by atoms with van der Waals surface area (Å²) >= 11 is 0. The molecule has 1 unspecified atom stereocenters. The molecule has 1 N–H and O–H groups in total. The Balaban J connectivity index is 2.42. The van der Waals surface area contributed by atoms with E-state index in [4.69, 9.17) is 4.74 Å². The van der Waals surface area contributed by atoms with E-state index in [1.807, 2.05) is 19.9 Å². The summed E-state index contributed by atoms with van der Waals surface area (Å²) in [6, 6.07) is 9.86. The van der Waals surface area contributed by atoms with Gasteiger partial charge in [-0.1, -0.05) is 38.5 Å². The van der Waals surface area contributed by atoms with Gasteiger partial charge in [0.25, 0.3) is 0 Å². The van der Waals surface area contributed by atoms with E-state index in [-0.39, 0.29) is 18.2 Å². The van der Waals surface area contributed by atoms with Gasteiger partial charge in [-0.3, -0.25) is 0 Å². The van der Waals surface area contributed by atoms with E-state index in [9.17, 15) is 9.90 Å². The molecule has 0 saturated heterocycles. The number of rotatable bonds is 8. The molecule has 0 aromatic heterocycles. The minimum Gasteiger partial charge on any atom is -0.459 e. The number of aliphatic hydroxyl groups is 1. The van der Waals surface area contributed by atoms with Gasteiger partial charge in [0.2, 0.25) is 0 Å². The van der Waals surface area contributed by atoms with Gasteiger partial charge in [0.15, 0.2) is 0 Å². The largest absolute Gasteiger partial charge is 0.459 e. The first-order valence-electron chi connectivity index (χ1n) is 7.03. The monoisotopic (exact) mass is 263 g/mol. The van der Waals surface area contributed by atoms with Crippen LogP contribution in [0.4, 0.5) is 0 Å². The Morgan fingerprint density at radius 1 is 1.32 bits per heavy atom. The molecule has 0 heterocycles. The first-order valence-corrected chi connectivity index (χ1v) is 7.03. The third-order valence-corrected chi connectivity index (χ3v) is 3.10. The number of carbonyl (C=O) groups is 1. The number of carbonyl (C=O) groups excluding carboxylic acids is 1. The molecule has 1 aromatic carbocycles. The lowest BCUT2D eigenvalue weighted by atomic mass is 10.0. The fourth-order valence-electron chi connectivity index (χ4n) is 1.94. The lowest BCUT2D eigenvalue weighted by molar-refractivity contribution is 0.0225. The van der Waals surface area contributed by atoms with E-state index in [0.717, 1.165) is 19.3 Å². The molecule has 2 atom stereocenters. The van der Waals surface area contributed by atoms with Crippen molar-refractivity contribution >= 4 is 5.97 Å². The van der Waals surface area contributed by atoms with Crippen LogP contribution in [0.1, 0.15) is 56.3 Å². The molecular weight excluding hydrogens is 240 g/mol. The highest BCUT2D eigenvalue weighted by molar-refractivity contribution is 5.89. The summed E-state index contributed by atoms with van der Waals surface area (Å²) < 4.78 is 5.43.